The van der Waals surface area contributed by atoms with Crippen LogP contribution in [0.25, 0.3) is 0 Å². The summed E-state index contributed by atoms with van der Waals surface area (Å²) in [5.74, 6) is 0.742. The second-order valence-electron chi connectivity index (χ2n) is 5.53. The van der Waals surface area contributed by atoms with Crippen LogP contribution in [-0.2, 0) is 4.79 Å². The number of ketones is 1. The quantitative estimate of drug-likeness (QED) is 0.836. The Hall–Kier alpha value is -2.03. The molecule has 100 valence electrons. The molecule has 0 radical (unpaired) electrons. The lowest BCUT2D eigenvalue weighted by Gasteiger charge is -2.26. The lowest BCUT2D eigenvalue weighted by molar-refractivity contribution is -0.137. The van der Waals surface area contributed by atoms with Gasteiger partial charge in [-0.1, -0.05) is 39.0 Å². The highest BCUT2D eigenvalue weighted by molar-refractivity contribution is 5.86. The molecule has 0 aliphatic carbocycles. The first kappa shape index (κ1) is 13.4. The van der Waals surface area contributed by atoms with Crippen LogP contribution in [0.15, 0.2) is 54.9 Å². The summed E-state index contributed by atoms with van der Waals surface area (Å²) in [6.45, 7) is 5.71. The van der Waals surface area contributed by atoms with Gasteiger partial charge in [-0.3, -0.25) is 4.79 Å². The third-order valence-electron chi connectivity index (χ3n) is 2.85. The highest BCUT2D eigenvalue weighted by atomic mass is 16.5. The number of aromatic nitrogens is 1. The van der Waals surface area contributed by atoms with Crippen LogP contribution < -0.4 is 4.74 Å². The Kier molecular flexibility index (Phi) is 3.74. The summed E-state index contributed by atoms with van der Waals surface area (Å²) in [7, 11) is 0. The van der Waals surface area contributed by atoms with Crippen LogP contribution in [0.5, 0.6) is 5.75 Å². The molecule has 1 atom stereocenters. The Balaban J connectivity index is 2.28. The Morgan fingerprint density at radius 2 is 1.63 bits per heavy atom. The van der Waals surface area contributed by atoms with Gasteiger partial charge in [0.1, 0.15) is 5.75 Å². The number of ether oxygens (including phenoxy) is 1. The van der Waals surface area contributed by atoms with Crippen molar-refractivity contribution in [1.82, 2.24) is 4.57 Å². The topological polar surface area (TPSA) is 31.2 Å². The van der Waals surface area contributed by atoms with E-state index in [1.807, 2.05) is 75.6 Å². The first-order chi connectivity index (χ1) is 8.98. The lowest BCUT2D eigenvalue weighted by Crippen LogP contribution is -2.33. The molecule has 0 N–H and O–H groups in total. The van der Waals surface area contributed by atoms with Crippen molar-refractivity contribution in [3.63, 3.8) is 0 Å². The molecule has 0 bridgehead atoms. The monoisotopic (exact) mass is 257 g/mol. The Morgan fingerprint density at radius 1 is 1.05 bits per heavy atom. The first-order valence-electron chi connectivity index (χ1n) is 6.37. The van der Waals surface area contributed by atoms with Crippen molar-refractivity contribution in [3.05, 3.63) is 54.9 Å². The van der Waals surface area contributed by atoms with Gasteiger partial charge < -0.3 is 9.30 Å². The summed E-state index contributed by atoms with van der Waals surface area (Å²) in [5, 5.41) is 0. The van der Waals surface area contributed by atoms with E-state index in [0.717, 1.165) is 0 Å². The number of benzene rings is 1. The third-order valence-corrected chi connectivity index (χ3v) is 2.85. The van der Waals surface area contributed by atoms with Gasteiger partial charge in [0.25, 0.3) is 0 Å². The van der Waals surface area contributed by atoms with Crippen LogP contribution in [0.1, 0.15) is 27.0 Å². The fourth-order valence-electron chi connectivity index (χ4n) is 1.75. The van der Waals surface area contributed by atoms with Crippen molar-refractivity contribution in [2.75, 3.05) is 0 Å². The molecule has 19 heavy (non-hydrogen) atoms. The van der Waals surface area contributed by atoms with Crippen molar-refractivity contribution in [3.8, 4) is 5.75 Å². The molecule has 1 unspecified atom stereocenters. The number of carbonyl (C=O) groups is 1. The fraction of sp³-hybridized carbons (Fsp3) is 0.312. The highest BCUT2D eigenvalue weighted by Gasteiger charge is 2.32. The van der Waals surface area contributed by atoms with E-state index >= 15 is 0 Å². The molecule has 0 saturated heterocycles. The number of hydrogen-bond acceptors (Lipinski definition) is 2. The van der Waals surface area contributed by atoms with Crippen molar-refractivity contribution >= 4 is 5.78 Å². The van der Waals surface area contributed by atoms with E-state index in [1.165, 1.54) is 0 Å². The minimum absolute atomic E-state index is 0.0487. The Labute approximate surface area is 113 Å². The summed E-state index contributed by atoms with van der Waals surface area (Å²) in [6.07, 6.45) is 3.06. The molecule has 2 aromatic rings. The molecule has 1 aromatic heterocycles. The normalized spacial score (nSPS) is 13.0. The lowest BCUT2D eigenvalue weighted by atomic mass is 9.89. The molecule has 2 rings (SSSR count). The molecule has 0 aliphatic rings. The van der Waals surface area contributed by atoms with Crippen molar-refractivity contribution < 1.29 is 9.53 Å². The second kappa shape index (κ2) is 5.31. The van der Waals surface area contributed by atoms with Gasteiger partial charge in [-0.2, -0.15) is 0 Å². The van der Waals surface area contributed by atoms with E-state index in [1.54, 1.807) is 4.57 Å². The zero-order valence-electron chi connectivity index (χ0n) is 11.5. The number of carbonyl (C=O) groups excluding carboxylic acids is 1. The van der Waals surface area contributed by atoms with E-state index in [2.05, 4.69) is 0 Å². The van der Waals surface area contributed by atoms with Gasteiger partial charge in [0.2, 0.25) is 6.23 Å². The Bertz CT molecular complexity index is 524. The average Bonchev–Trinajstić information content (AvgIpc) is 2.89. The zero-order chi connectivity index (χ0) is 13.9. The molecule has 3 heteroatoms. The summed E-state index contributed by atoms with van der Waals surface area (Å²) in [6, 6.07) is 13.2. The maximum absolute atomic E-state index is 12.5. The molecular weight excluding hydrogens is 238 g/mol. The number of nitrogens with zero attached hydrogens (tertiary/aromatic N) is 1. The minimum atomic E-state index is -0.627. The van der Waals surface area contributed by atoms with Crippen LogP contribution in [-0.4, -0.2) is 10.4 Å². The summed E-state index contributed by atoms with van der Waals surface area (Å²) >= 11 is 0. The van der Waals surface area contributed by atoms with Crippen LogP contribution in [0.2, 0.25) is 0 Å². The van der Waals surface area contributed by atoms with E-state index in [4.69, 9.17) is 4.74 Å². The smallest absolute Gasteiger partial charge is 0.235 e. The molecule has 0 aliphatic heterocycles. The zero-order valence-corrected chi connectivity index (χ0v) is 11.5. The van der Waals surface area contributed by atoms with Crippen molar-refractivity contribution in [2.24, 2.45) is 5.41 Å². The average molecular weight is 257 g/mol. The second-order valence-corrected chi connectivity index (χ2v) is 5.53. The SMILES string of the molecule is CC(C)(C)C(=O)C(Oc1ccccc1)n1cccc1. The van der Waals surface area contributed by atoms with E-state index in [-0.39, 0.29) is 5.78 Å². The maximum atomic E-state index is 12.5. The molecular formula is C16H19NO2. The maximum Gasteiger partial charge on any atom is 0.235 e. The predicted molar refractivity (Wildman–Crippen MR) is 75.0 cm³/mol. The highest BCUT2D eigenvalue weighted by Crippen LogP contribution is 2.26. The molecule has 0 spiro atoms. The van der Waals surface area contributed by atoms with Gasteiger partial charge in [-0.05, 0) is 24.3 Å². The van der Waals surface area contributed by atoms with Gasteiger partial charge in [0.15, 0.2) is 5.78 Å². The molecule has 1 heterocycles. The molecule has 1 aromatic carbocycles. The summed E-state index contributed by atoms with van der Waals surface area (Å²) in [4.78, 5) is 12.5. The van der Waals surface area contributed by atoms with Crippen LogP contribution in [0.3, 0.4) is 0 Å². The number of hydrogen-bond donors (Lipinski definition) is 0. The van der Waals surface area contributed by atoms with Gasteiger partial charge in [0.05, 0.1) is 0 Å². The fourth-order valence-corrected chi connectivity index (χ4v) is 1.75. The van der Waals surface area contributed by atoms with Gasteiger partial charge in [-0.25, -0.2) is 0 Å². The van der Waals surface area contributed by atoms with Gasteiger partial charge >= 0.3 is 0 Å². The summed E-state index contributed by atoms with van der Waals surface area (Å²) < 4.78 is 7.65. The Morgan fingerprint density at radius 3 is 2.16 bits per heavy atom. The molecule has 0 fully saturated rings. The van der Waals surface area contributed by atoms with Gasteiger partial charge in [-0.15, -0.1) is 0 Å². The first-order valence-corrected chi connectivity index (χ1v) is 6.37. The van der Waals surface area contributed by atoms with Gasteiger partial charge in [0, 0.05) is 17.8 Å². The van der Waals surface area contributed by atoms with Crippen LogP contribution in [0.4, 0.5) is 0 Å². The third kappa shape index (κ3) is 3.25. The van der Waals surface area contributed by atoms with Crippen molar-refractivity contribution in [2.45, 2.75) is 27.0 Å². The number of rotatable bonds is 4. The van der Waals surface area contributed by atoms with Crippen LogP contribution in [0, 0.1) is 5.41 Å². The number of Topliss-reactive ketones (excluding diaryl/α,β-unsaturated/α-hetero) is 1. The van der Waals surface area contributed by atoms with Crippen LogP contribution >= 0.6 is 0 Å². The molecule has 0 saturated carbocycles. The standard InChI is InChI=1S/C16H19NO2/c1-16(2,3)14(18)15(17-11-7-8-12-17)19-13-9-5-4-6-10-13/h4-12,15H,1-3H3. The largest absolute Gasteiger partial charge is 0.463 e. The number of para-hydroxylation sites is 1. The van der Waals surface area contributed by atoms with E-state index < -0.39 is 11.6 Å². The predicted octanol–water partition coefficient (Wildman–Crippen LogP) is 3.68. The van der Waals surface area contributed by atoms with Crippen molar-refractivity contribution in [1.29, 1.82) is 0 Å². The molecule has 3 nitrogen and oxygen atoms in total. The van der Waals surface area contributed by atoms with E-state index in [0.29, 0.717) is 5.75 Å². The summed E-state index contributed by atoms with van der Waals surface area (Å²) in [5.41, 5.74) is -0.455. The molecule has 0 amide bonds. The van der Waals surface area contributed by atoms with E-state index in [9.17, 15) is 4.79 Å². The minimum Gasteiger partial charge on any atom is -0.463 e.